The Kier molecular flexibility index (Phi) is 3.38. The number of rotatable bonds is 3. The van der Waals surface area contributed by atoms with Gasteiger partial charge in [0.25, 0.3) is 0 Å². The standard InChI is InChI=1S/C12H9N3OSe/c13-6-9-5-8-3-1-2-4-10(8)15-12(9)17-7-11(14)16/h1-5H,7H2,(H2,14,16). The molecular formula is C12H9N3OSe. The first kappa shape index (κ1) is 11.6. The summed E-state index contributed by atoms with van der Waals surface area (Å²) in [5, 5.41) is 10.3. The van der Waals surface area contributed by atoms with Gasteiger partial charge in [-0.1, -0.05) is 0 Å². The Morgan fingerprint density at radius 3 is 2.94 bits per heavy atom. The van der Waals surface area contributed by atoms with E-state index in [1.807, 2.05) is 24.3 Å². The predicted octanol–water partition coefficient (Wildman–Crippen LogP) is 0.340. The van der Waals surface area contributed by atoms with Gasteiger partial charge in [0.05, 0.1) is 0 Å². The van der Waals surface area contributed by atoms with Crippen LogP contribution in [0.3, 0.4) is 0 Å². The zero-order chi connectivity index (χ0) is 12.3. The molecule has 0 atom stereocenters. The van der Waals surface area contributed by atoms with Gasteiger partial charge in [-0.05, 0) is 0 Å². The van der Waals surface area contributed by atoms with Crippen molar-refractivity contribution in [3.63, 3.8) is 0 Å². The van der Waals surface area contributed by atoms with Gasteiger partial charge in [-0.25, -0.2) is 0 Å². The Bertz CT molecular complexity index is 619. The molecule has 0 fully saturated rings. The number of hydrogen-bond donors (Lipinski definition) is 1. The number of fused-ring (bicyclic) bond motifs is 1. The average Bonchev–Trinajstić information content (AvgIpc) is 2.35. The summed E-state index contributed by atoms with van der Waals surface area (Å²) in [4.78, 5) is 15.2. The van der Waals surface area contributed by atoms with Gasteiger partial charge in [0.1, 0.15) is 0 Å². The van der Waals surface area contributed by atoms with Crippen LogP contribution in [0.15, 0.2) is 30.3 Å². The monoisotopic (exact) mass is 291 g/mol. The van der Waals surface area contributed by atoms with E-state index in [0.29, 0.717) is 10.2 Å². The number of nitriles is 1. The molecule has 1 aromatic heterocycles. The van der Waals surface area contributed by atoms with Crippen LogP contribution in [0.1, 0.15) is 5.56 Å². The van der Waals surface area contributed by atoms with Gasteiger partial charge in [0.2, 0.25) is 0 Å². The number of carbonyl (C=O) groups is 1. The average molecular weight is 290 g/mol. The molecule has 5 heteroatoms. The summed E-state index contributed by atoms with van der Waals surface area (Å²) in [6.07, 6.45) is 0. The van der Waals surface area contributed by atoms with E-state index in [0.717, 1.165) is 10.9 Å². The first-order valence-corrected chi connectivity index (χ1v) is 6.98. The molecule has 0 saturated carbocycles. The van der Waals surface area contributed by atoms with Gasteiger partial charge >= 0.3 is 104 Å². The molecule has 0 aliphatic heterocycles. The Morgan fingerprint density at radius 1 is 1.47 bits per heavy atom. The Balaban J connectivity index is 2.46. The second kappa shape index (κ2) is 4.96. The number of hydrogen-bond acceptors (Lipinski definition) is 3. The van der Waals surface area contributed by atoms with E-state index < -0.39 is 0 Å². The fourth-order valence-electron chi connectivity index (χ4n) is 1.43. The molecule has 0 spiro atoms. The third-order valence-corrected chi connectivity index (χ3v) is 4.29. The Morgan fingerprint density at radius 2 is 2.24 bits per heavy atom. The van der Waals surface area contributed by atoms with Crippen LogP contribution in [0.2, 0.25) is 5.32 Å². The Hall–Kier alpha value is -1.89. The number of carbonyl (C=O) groups excluding carboxylic acids is 1. The normalized spacial score (nSPS) is 10.1. The van der Waals surface area contributed by atoms with E-state index >= 15 is 0 Å². The van der Waals surface area contributed by atoms with Crippen molar-refractivity contribution in [2.75, 3.05) is 0 Å². The molecule has 4 nitrogen and oxygen atoms in total. The van der Waals surface area contributed by atoms with Crippen LogP contribution < -0.4 is 10.3 Å². The molecule has 84 valence electrons. The van der Waals surface area contributed by atoms with Crippen molar-refractivity contribution < 1.29 is 4.79 Å². The first-order valence-electron chi connectivity index (χ1n) is 4.91. The summed E-state index contributed by atoms with van der Waals surface area (Å²) in [7, 11) is 0. The van der Waals surface area contributed by atoms with Gasteiger partial charge in [-0.3, -0.25) is 0 Å². The summed E-state index contributed by atoms with van der Waals surface area (Å²) in [5.74, 6) is -0.358. The van der Waals surface area contributed by atoms with Crippen molar-refractivity contribution >= 4 is 36.4 Å². The van der Waals surface area contributed by atoms with E-state index in [9.17, 15) is 4.79 Å². The first-order chi connectivity index (χ1) is 8.20. The van der Waals surface area contributed by atoms with Crippen LogP contribution in [0.25, 0.3) is 10.9 Å². The van der Waals surface area contributed by atoms with Crippen molar-refractivity contribution in [1.29, 1.82) is 5.26 Å². The van der Waals surface area contributed by atoms with Gasteiger partial charge in [0.15, 0.2) is 0 Å². The zero-order valence-corrected chi connectivity index (χ0v) is 10.6. The summed E-state index contributed by atoms with van der Waals surface area (Å²) >= 11 is -0.180. The molecule has 0 saturated heterocycles. The molecule has 0 aliphatic rings. The van der Waals surface area contributed by atoms with Crippen molar-refractivity contribution in [2.24, 2.45) is 5.73 Å². The number of aromatic nitrogens is 1. The topological polar surface area (TPSA) is 79.8 Å². The molecule has 2 rings (SSSR count). The number of nitrogens with two attached hydrogens (primary N) is 1. The van der Waals surface area contributed by atoms with E-state index in [2.05, 4.69) is 11.1 Å². The molecule has 1 amide bonds. The maximum atomic E-state index is 10.8. The maximum absolute atomic E-state index is 10.8. The van der Waals surface area contributed by atoms with E-state index in [-0.39, 0.29) is 26.2 Å². The third kappa shape index (κ3) is 2.62. The van der Waals surface area contributed by atoms with Crippen molar-refractivity contribution in [2.45, 2.75) is 5.32 Å². The molecule has 17 heavy (non-hydrogen) atoms. The van der Waals surface area contributed by atoms with Crippen LogP contribution in [-0.2, 0) is 4.79 Å². The number of benzene rings is 1. The Labute approximate surface area is 105 Å². The van der Waals surface area contributed by atoms with Gasteiger partial charge in [-0.15, -0.1) is 0 Å². The molecule has 1 aromatic carbocycles. The summed E-state index contributed by atoms with van der Waals surface area (Å²) in [6, 6.07) is 11.5. The molecule has 0 aliphatic carbocycles. The molecule has 2 N–H and O–H groups in total. The molecule has 0 bridgehead atoms. The molecule has 0 unspecified atom stereocenters. The summed E-state index contributed by atoms with van der Waals surface area (Å²) in [5.41, 5.74) is 6.48. The third-order valence-electron chi connectivity index (χ3n) is 2.16. The van der Waals surface area contributed by atoms with Crippen molar-refractivity contribution in [3.05, 3.63) is 35.9 Å². The fourth-order valence-corrected chi connectivity index (χ4v) is 2.90. The molecule has 0 radical (unpaired) electrons. The minimum absolute atomic E-state index is 0.180. The number of amides is 1. The number of para-hydroxylation sites is 1. The van der Waals surface area contributed by atoms with Crippen LogP contribution in [-0.4, -0.2) is 25.8 Å². The number of primary amides is 1. The van der Waals surface area contributed by atoms with Crippen molar-refractivity contribution in [3.8, 4) is 6.07 Å². The van der Waals surface area contributed by atoms with Gasteiger partial charge in [-0.2, -0.15) is 0 Å². The second-order valence-corrected chi connectivity index (χ2v) is 5.42. The van der Waals surface area contributed by atoms with E-state index in [1.54, 1.807) is 6.07 Å². The van der Waals surface area contributed by atoms with Gasteiger partial charge < -0.3 is 0 Å². The van der Waals surface area contributed by atoms with Crippen molar-refractivity contribution in [1.82, 2.24) is 4.98 Å². The van der Waals surface area contributed by atoms with E-state index in [1.165, 1.54) is 0 Å². The quantitative estimate of drug-likeness (QED) is 0.828. The van der Waals surface area contributed by atoms with Crippen LogP contribution >= 0.6 is 0 Å². The van der Waals surface area contributed by atoms with Crippen LogP contribution in [0, 0.1) is 11.3 Å². The SMILES string of the molecule is N#Cc1cc2ccccc2nc1[Se]CC(N)=O. The van der Waals surface area contributed by atoms with E-state index in [4.69, 9.17) is 11.0 Å². The number of nitrogens with zero attached hydrogens (tertiary/aromatic N) is 2. The molecule has 2 aromatic rings. The van der Waals surface area contributed by atoms with Crippen LogP contribution in [0.4, 0.5) is 0 Å². The summed E-state index contributed by atoms with van der Waals surface area (Å²) < 4.78 is 0.692. The fraction of sp³-hybridized carbons (Fsp3) is 0.0833. The minimum atomic E-state index is -0.358. The zero-order valence-electron chi connectivity index (χ0n) is 8.88. The number of pyridine rings is 1. The molecule has 1 heterocycles. The van der Waals surface area contributed by atoms with Crippen LogP contribution in [0.5, 0.6) is 0 Å². The predicted molar refractivity (Wildman–Crippen MR) is 65.8 cm³/mol. The van der Waals surface area contributed by atoms with Gasteiger partial charge in [0, 0.05) is 0 Å². The molecular weight excluding hydrogens is 281 g/mol. The second-order valence-electron chi connectivity index (χ2n) is 3.40. The summed E-state index contributed by atoms with van der Waals surface area (Å²) in [6.45, 7) is 0.